The summed E-state index contributed by atoms with van der Waals surface area (Å²) in [4.78, 5) is 12.5. The standard InChI is InChI=1S/C18H28BNO4/c1-16(2,3)22-15(21)13-9-7-8-10-14(13)19-23-17(4,5)18(6,24-19)11-12-20/h7-10H,11-12,20H2,1-6H3/t18-/m0/s1. The number of benzene rings is 1. The first-order chi connectivity index (χ1) is 11.0. The fourth-order valence-corrected chi connectivity index (χ4v) is 2.78. The lowest BCUT2D eigenvalue weighted by atomic mass is 9.76. The van der Waals surface area contributed by atoms with Crippen LogP contribution >= 0.6 is 0 Å². The van der Waals surface area contributed by atoms with E-state index in [1.54, 1.807) is 6.07 Å². The molecule has 0 radical (unpaired) electrons. The molecule has 24 heavy (non-hydrogen) atoms. The van der Waals surface area contributed by atoms with Crippen LogP contribution < -0.4 is 11.2 Å². The topological polar surface area (TPSA) is 70.8 Å². The van der Waals surface area contributed by atoms with Gasteiger partial charge in [-0.2, -0.15) is 0 Å². The Kier molecular flexibility index (Phi) is 5.14. The Morgan fingerprint density at radius 3 is 2.42 bits per heavy atom. The quantitative estimate of drug-likeness (QED) is 0.676. The van der Waals surface area contributed by atoms with Crippen molar-refractivity contribution in [2.45, 2.75) is 64.8 Å². The van der Waals surface area contributed by atoms with E-state index in [2.05, 4.69) is 0 Å². The molecule has 0 amide bonds. The number of nitrogens with two attached hydrogens (primary N) is 1. The summed E-state index contributed by atoms with van der Waals surface area (Å²) in [5.74, 6) is -0.379. The molecule has 2 N–H and O–H groups in total. The van der Waals surface area contributed by atoms with Gasteiger partial charge in [0, 0.05) is 0 Å². The van der Waals surface area contributed by atoms with Gasteiger partial charge in [0.05, 0.1) is 16.8 Å². The molecule has 0 aliphatic carbocycles. The molecule has 1 heterocycles. The molecule has 1 aromatic carbocycles. The van der Waals surface area contributed by atoms with Gasteiger partial charge in [0.25, 0.3) is 0 Å². The average molecular weight is 333 g/mol. The van der Waals surface area contributed by atoms with E-state index < -0.39 is 23.9 Å². The van der Waals surface area contributed by atoms with E-state index in [1.165, 1.54) is 0 Å². The van der Waals surface area contributed by atoms with Crippen molar-refractivity contribution >= 4 is 18.6 Å². The molecule has 1 aromatic rings. The molecule has 5 nitrogen and oxygen atoms in total. The molecule has 1 aliphatic heterocycles. The Balaban J connectivity index is 2.33. The van der Waals surface area contributed by atoms with Crippen molar-refractivity contribution in [2.75, 3.05) is 6.54 Å². The fraction of sp³-hybridized carbons (Fsp3) is 0.611. The number of ether oxygens (including phenoxy) is 1. The summed E-state index contributed by atoms with van der Waals surface area (Å²) >= 11 is 0. The van der Waals surface area contributed by atoms with Crippen molar-refractivity contribution < 1.29 is 18.8 Å². The Morgan fingerprint density at radius 1 is 1.21 bits per heavy atom. The molecular weight excluding hydrogens is 305 g/mol. The molecule has 6 heteroatoms. The van der Waals surface area contributed by atoms with Crippen LogP contribution in [0.2, 0.25) is 0 Å². The molecular formula is C18H28BNO4. The zero-order valence-electron chi connectivity index (χ0n) is 15.5. The molecule has 0 bridgehead atoms. The largest absolute Gasteiger partial charge is 0.495 e. The number of carbonyl (C=O) groups excluding carboxylic acids is 1. The molecule has 2 rings (SSSR count). The first kappa shape index (κ1) is 19.0. The lowest BCUT2D eigenvalue weighted by Crippen LogP contribution is -2.46. The van der Waals surface area contributed by atoms with Gasteiger partial charge in [-0.3, -0.25) is 0 Å². The monoisotopic (exact) mass is 333 g/mol. The highest BCUT2D eigenvalue weighted by Gasteiger charge is 2.54. The van der Waals surface area contributed by atoms with Gasteiger partial charge >= 0.3 is 13.1 Å². The van der Waals surface area contributed by atoms with Crippen LogP contribution in [0.1, 0.15) is 58.3 Å². The van der Waals surface area contributed by atoms with Gasteiger partial charge in [0.2, 0.25) is 0 Å². The van der Waals surface area contributed by atoms with Gasteiger partial charge in [-0.05, 0) is 66.0 Å². The molecule has 0 spiro atoms. The predicted octanol–water partition coefficient (Wildman–Crippen LogP) is 2.27. The van der Waals surface area contributed by atoms with Crippen LogP contribution in [0.4, 0.5) is 0 Å². The van der Waals surface area contributed by atoms with Crippen molar-refractivity contribution in [3.63, 3.8) is 0 Å². The lowest BCUT2D eigenvalue weighted by Gasteiger charge is -2.36. The second-order valence-electron chi connectivity index (χ2n) is 7.94. The maximum Gasteiger partial charge on any atom is 0.495 e. The Labute approximate surface area is 145 Å². The molecule has 0 aromatic heterocycles. The second kappa shape index (κ2) is 6.50. The van der Waals surface area contributed by atoms with Gasteiger partial charge in [0.15, 0.2) is 0 Å². The Bertz CT molecular complexity index is 611. The van der Waals surface area contributed by atoms with Crippen molar-refractivity contribution in [1.29, 1.82) is 0 Å². The fourth-order valence-electron chi connectivity index (χ4n) is 2.78. The second-order valence-corrected chi connectivity index (χ2v) is 7.94. The minimum atomic E-state index is -0.625. The first-order valence-electron chi connectivity index (χ1n) is 8.37. The molecule has 0 unspecified atom stereocenters. The molecule has 1 fully saturated rings. The summed E-state index contributed by atoms with van der Waals surface area (Å²) in [5.41, 5.74) is 5.28. The molecule has 132 valence electrons. The number of hydrogen-bond donors (Lipinski definition) is 1. The van der Waals surface area contributed by atoms with Gasteiger partial charge < -0.3 is 19.8 Å². The van der Waals surface area contributed by atoms with Gasteiger partial charge in [-0.1, -0.05) is 18.2 Å². The van der Waals surface area contributed by atoms with E-state index in [-0.39, 0.29) is 5.97 Å². The van der Waals surface area contributed by atoms with Crippen molar-refractivity contribution in [3.05, 3.63) is 29.8 Å². The Morgan fingerprint density at radius 2 is 1.83 bits per heavy atom. The van der Waals surface area contributed by atoms with Gasteiger partial charge in [-0.25, -0.2) is 4.79 Å². The number of rotatable bonds is 4. The minimum Gasteiger partial charge on any atom is -0.456 e. The summed E-state index contributed by atoms with van der Waals surface area (Å²) in [5, 5.41) is 0. The highest BCUT2D eigenvalue weighted by molar-refractivity contribution is 6.63. The Hall–Kier alpha value is -1.37. The van der Waals surface area contributed by atoms with E-state index in [0.717, 1.165) is 0 Å². The van der Waals surface area contributed by atoms with Gasteiger partial charge in [0.1, 0.15) is 5.60 Å². The first-order valence-corrected chi connectivity index (χ1v) is 8.37. The summed E-state index contributed by atoms with van der Waals surface area (Å²) in [7, 11) is -0.625. The van der Waals surface area contributed by atoms with Gasteiger partial charge in [-0.15, -0.1) is 0 Å². The highest BCUT2D eigenvalue weighted by Crippen LogP contribution is 2.39. The van der Waals surface area contributed by atoms with Crippen molar-refractivity contribution in [2.24, 2.45) is 5.73 Å². The number of carbonyl (C=O) groups is 1. The van der Waals surface area contributed by atoms with Crippen LogP contribution in [0.3, 0.4) is 0 Å². The van der Waals surface area contributed by atoms with E-state index >= 15 is 0 Å². The van der Waals surface area contributed by atoms with E-state index in [1.807, 2.05) is 59.7 Å². The van der Waals surface area contributed by atoms with E-state index in [9.17, 15) is 4.79 Å². The third-order valence-electron chi connectivity index (χ3n) is 4.50. The van der Waals surface area contributed by atoms with Crippen LogP contribution in [-0.2, 0) is 14.0 Å². The smallest absolute Gasteiger partial charge is 0.456 e. The number of esters is 1. The summed E-state index contributed by atoms with van der Waals surface area (Å²) < 4.78 is 17.8. The lowest BCUT2D eigenvalue weighted by molar-refractivity contribution is -0.0136. The zero-order chi connectivity index (χ0) is 18.2. The SMILES string of the molecule is CC(C)(C)OC(=O)c1ccccc1B1OC(C)(C)[C@](C)(CCN)O1. The molecule has 1 saturated heterocycles. The van der Waals surface area contributed by atoms with Crippen molar-refractivity contribution in [3.8, 4) is 0 Å². The van der Waals surface area contributed by atoms with E-state index in [0.29, 0.717) is 24.0 Å². The third kappa shape index (κ3) is 3.82. The molecule has 1 aliphatic rings. The summed E-state index contributed by atoms with van der Waals surface area (Å²) in [6.07, 6.45) is 0.672. The molecule has 0 saturated carbocycles. The normalized spacial score (nSPS) is 23.4. The summed E-state index contributed by atoms with van der Waals surface area (Å²) in [6.45, 7) is 12.0. The van der Waals surface area contributed by atoms with E-state index in [4.69, 9.17) is 19.8 Å². The third-order valence-corrected chi connectivity index (χ3v) is 4.50. The zero-order valence-corrected chi connectivity index (χ0v) is 15.5. The van der Waals surface area contributed by atoms with Crippen LogP contribution in [-0.4, -0.2) is 36.4 Å². The number of hydrogen-bond acceptors (Lipinski definition) is 5. The maximum absolute atomic E-state index is 12.5. The van der Waals surface area contributed by atoms with Crippen LogP contribution in [0.15, 0.2) is 24.3 Å². The molecule has 1 atom stereocenters. The summed E-state index contributed by atoms with van der Waals surface area (Å²) in [6, 6.07) is 7.25. The minimum absolute atomic E-state index is 0.379. The average Bonchev–Trinajstić information content (AvgIpc) is 2.67. The maximum atomic E-state index is 12.5. The predicted molar refractivity (Wildman–Crippen MR) is 95.3 cm³/mol. The van der Waals surface area contributed by atoms with Crippen molar-refractivity contribution in [1.82, 2.24) is 0 Å². The van der Waals surface area contributed by atoms with Crippen LogP contribution in [0.25, 0.3) is 0 Å². The van der Waals surface area contributed by atoms with Crippen LogP contribution in [0, 0.1) is 0 Å². The highest BCUT2D eigenvalue weighted by atomic mass is 16.7. The van der Waals surface area contributed by atoms with Crippen LogP contribution in [0.5, 0.6) is 0 Å².